The number of carbonyl (C=O) groups excluding carboxylic acids is 3. The van der Waals surface area contributed by atoms with Gasteiger partial charge in [0.05, 0.1) is 6.61 Å². The molecule has 8 N–H and O–H groups in total. The van der Waals surface area contributed by atoms with Crippen LogP contribution in [0.5, 0.6) is 0 Å². The Morgan fingerprint density at radius 1 is 0.938 bits per heavy atom. The molecule has 0 radical (unpaired) electrons. The smallest absolute Gasteiger partial charge is 0.326 e. The summed E-state index contributed by atoms with van der Waals surface area (Å²) in [5.74, 6) is -4.65. The first-order chi connectivity index (χ1) is 15.0. The van der Waals surface area contributed by atoms with Crippen molar-refractivity contribution in [1.82, 2.24) is 16.0 Å². The highest BCUT2D eigenvalue weighted by molar-refractivity contribution is 7.98. The summed E-state index contributed by atoms with van der Waals surface area (Å²) in [7, 11) is 0. The minimum absolute atomic E-state index is 0.194. The fourth-order valence-electron chi connectivity index (χ4n) is 2.61. The van der Waals surface area contributed by atoms with E-state index >= 15 is 0 Å². The van der Waals surface area contributed by atoms with Crippen LogP contribution in [0.15, 0.2) is 0 Å². The number of rotatable bonds is 16. The van der Waals surface area contributed by atoms with Crippen LogP contribution in [0, 0.1) is 5.92 Å². The molecule has 32 heavy (non-hydrogen) atoms. The summed E-state index contributed by atoms with van der Waals surface area (Å²) >= 11 is 1.43. The van der Waals surface area contributed by atoms with Gasteiger partial charge in [-0.05, 0) is 30.8 Å². The molecule has 0 saturated carbocycles. The van der Waals surface area contributed by atoms with Gasteiger partial charge in [-0.1, -0.05) is 20.3 Å². The lowest BCUT2D eigenvalue weighted by Crippen LogP contribution is -2.59. The number of amides is 3. The van der Waals surface area contributed by atoms with E-state index in [-0.39, 0.29) is 18.8 Å². The van der Waals surface area contributed by atoms with E-state index in [0.29, 0.717) is 12.2 Å². The van der Waals surface area contributed by atoms with Crippen LogP contribution in [0.1, 0.15) is 39.5 Å². The van der Waals surface area contributed by atoms with Gasteiger partial charge in [-0.15, -0.1) is 0 Å². The predicted octanol–water partition coefficient (Wildman–Crippen LogP) is -1.49. The summed E-state index contributed by atoms with van der Waals surface area (Å²) in [6, 6.07) is -4.87. The van der Waals surface area contributed by atoms with Gasteiger partial charge in [0.15, 0.2) is 0 Å². The second-order valence-corrected chi connectivity index (χ2v) is 8.32. The quantitative estimate of drug-likeness (QED) is 0.137. The van der Waals surface area contributed by atoms with Crippen molar-refractivity contribution < 1.29 is 39.3 Å². The lowest BCUT2D eigenvalue weighted by molar-refractivity contribution is -0.142. The van der Waals surface area contributed by atoms with Gasteiger partial charge in [0.2, 0.25) is 17.7 Å². The summed E-state index contributed by atoms with van der Waals surface area (Å²) in [6.45, 7) is 2.79. The molecule has 0 rings (SSSR count). The van der Waals surface area contributed by atoms with Crippen molar-refractivity contribution in [2.75, 3.05) is 18.6 Å². The van der Waals surface area contributed by atoms with E-state index in [0.717, 1.165) is 0 Å². The topological polar surface area (TPSA) is 208 Å². The molecule has 184 valence electrons. The second kappa shape index (κ2) is 15.4. The zero-order valence-electron chi connectivity index (χ0n) is 18.5. The highest BCUT2D eigenvalue weighted by Crippen LogP contribution is 2.11. The fourth-order valence-corrected chi connectivity index (χ4v) is 3.08. The highest BCUT2D eigenvalue weighted by atomic mass is 32.2. The third kappa shape index (κ3) is 10.8. The average molecular weight is 479 g/mol. The molecule has 12 nitrogen and oxygen atoms in total. The number of nitrogens with two attached hydrogens (primary N) is 1. The Hall–Kier alpha value is -2.38. The lowest BCUT2D eigenvalue weighted by atomic mass is 9.97. The van der Waals surface area contributed by atoms with Crippen molar-refractivity contribution in [1.29, 1.82) is 0 Å². The van der Waals surface area contributed by atoms with Crippen LogP contribution in [0.25, 0.3) is 0 Å². The Kier molecular flexibility index (Phi) is 14.3. The molecule has 0 aliphatic carbocycles. The van der Waals surface area contributed by atoms with Crippen LogP contribution in [-0.2, 0) is 24.0 Å². The molecule has 0 aliphatic heterocycles. The molecule has 0 aromatic rings. The van der Waals surface area contributed by atoms with Crippen molar-refractivity contribution in [2.45, 2.75) is 63.7 Å². The Morgan fingerprint density at radius 2 is 1.53 bits per heavy atom. The molecule has 0 heterocycles. The van der Waals surface area contributed by atoms with Gasteiger partial charge in [-0.2, -0.15) is 11.8 Å². The largest absolute Gasteiger partial charge is 0.481 e. The molecule has 0 spiro atoms. The third-order valence-corrected chi connectivity index (χ3v) is 5.48. The molecule has 0 aliphatic rings. The van der Waals surface area contributed by atoms with Gasteiger partial charge in [0.1, 0.15) is 24.2 Å². The summed E-state index contributed by atoms with van der Waals surface area (Å²) in [5, 5.41) is 34.5. The molecular weight excluding hydrogens is 444 g/mol. The van der Waals surface area contributed by atoms with Crippen molar-refractivity contribution >= 4 is 41.4 Å². The maximum Gasteiger partial charge on any atom is 0.326 e. The van der Waals surface area contributed by atoms with E-state index < -0.39 is 66.9 Å². The Labute approximate surface area is 191 Å². The normalized spacial score (nSPS) is 15.5. The Bertz CT molecular complexity index is 663. The number of hydrogen-bond donors (Lipinski definition) is 7. The van der Waals surface area contributed by atoms with E-state index in [9.17, 15) is 29.1 Å². The summed E-state index contributed by atoms with van der Waals surface area (Å²) in [4.78, 5) is 60.0. The first-order valence-electron chi connectivity index (χ1n) is 10.2. The van der Waals surface area contributed by atoms with E-state index in [2.05, 4.69) is 16.0 Å². The van der Waals surface area contributed by atoms with Gasteiger partial charge < -0.3 is 37.0 Å². The maximum atomic E-state index is 12.8. The molecule has 0 saturated heterocycles. The average Bonchev–Trinajstić information content (AvgIpc) is 2.75. The van der Waals surface area contributed by atoms with Gasteiger partial charge in [-0.25, -0.2) is 4.79 Å². The molecule has 5 unspecified atom stereocenters. The van der Waals surface area contributed by atoms with Crippen LogP contribution in [0.3, 0.4) is 0 Å². The number of aliphatic hydroxyl groups excluding tert-OH is 1. The predicted molar refractivity (Wildman–Crippen MR) is 118 cm³/mol. The zero-order chi connectivity index (χ0) is 24.8. The van der Waals surface area contributed by atoms with Crippen molar-refractivity contribution in [2.24, 2.45) is 11.7 Å². The van der Waals surface area contributed by atoms with Crippen molar-refractivity contribution in [3.63, 3.8) is 0 Å². The number of aliphatic carboxylic acids is 2. The van der Waals surface area contributed by atoms with E-state index in [1.165, 1.54) is 11.8 Å². The summed E-state index contributed by atoms with van der Waals surface area (Å²) < 4.78 is 0. The molecule has 13 heteroatoms. The van der Waals surface area contributed by atoms with Crippen molar-refractivity contribution in [3.8, 4) is 0 Å². The number of carboxylic acid groups (broad SMARTS) is 2. The van der Waals surface area contributed by atoms with Crippen LogP contribution >= 0.6 is 11.8 Å². The monoisotopic (exact) mass is 478 g/mol. The molecule has 0 bridgehead atoms. The Balaban J connectivity index is 5.52. The molecule has 0 aromatic heterocycles. The SMILES string of the molecule is CCC(C)C(NC(=O)C(CCC(=O)O)NC(=O)C(N)CO)C(=O)NC(CCSC)C(=O)O. The Morgan fingerprint density at radius 3 is 2.00 bits per heavy atom. The number of nitrogens with one attached hydrogen (secondary N) is 3. The van der Waals surface area contributed by atoms with Gasteiger partial charge >= 0.3 is 11.9 Å². The summed E-state index contributed by atoms with van der Waals surface area (Å²) in [5.41, 5.74) is 5.43. The first-order valence-corrected chi connectivity index (χ1v) is 11.6. The van der Waals surface area contributed by atoms with Gasteiger partial charge in [0, 0.05) is 6.42 Å². The van der Waals surface area contributed by atoms with Gasteiger partial charge in [0.25, 0.3) is 0 Å². The third-order valence-electron chi connectivity index (χ3n) is 4.83. The van der Waals surface area contributed by atoms with E-state index in [1.807, 2.05) is 0 Å². The minimum Gasteiger partial charge on any atom is -0.481 e. The minimum atomic E-state index is -1.32. The summed E-state index contributed by atoms with van der Waals surface area (Å²) in [6.07, 6.45) is 1.76. The standard InChI is InChI=1S/C19H34N4O8S/c1-4-10(2)15(18(29)22-13(19(30)31)7-8-32-3)23-17(28)12(5-6-14(25)26)21-16(27)11(20)9-24/h10-13,15,24H,4-9,20H2,1-3H3,(H,21,27)(H,22,29)(H,23,28)(H,25,26)(H,30,31). The number of carbonyl (C=O) groups is 5. The van der Waals surface area contributed by atoms with Crippen molar-refractivity contribution in [3.05, 3.63) is 0 Å². The van der Waals surface area contributed by atoms with Crippen LogP contribution in [0.2, 0.25) is 0 Å². The first kappa shape index (κ1) is 29.6. The van der Waals surface area contributed by atoms with Gasteiger partial charge in [-0.3, -0.25) is 19.2 Å². The molecule has 5 atom stereocenters. The van der Waals surface area contributed by atoms with E-state index in [1.54, 1.807) is 20.1 Å². The fraction of sp³-hybridized carbons (Fsp3) is 0.737. The lowest BCUT2D eigenvalue weighted by Gasteiger charge is -2.28. The zero-order valence-corrected chi connectivity index (χ0v) is 19.3. The van der Waals surface area contributed by atoms with Crippen LogP contribution < -0.4 is 21.7 Å². The molecule has 0 aromatic carbocycles. The highest BCUT2D eigenvalue weighted by Gasteiger charge is 2.32. The van der Waals surface area contributed by atoms with Crippen LogP contribution in [-0.4, -0.2) is 87.8 Å². The number of carboxylic acids is 2. The molecular formula is C19H34N4O8S. The number of aliphatic hydroxyl groups is 1. The molecule has 0 fully saturated rings. The van der Waals surface area contributed by atoms with E-state index in [4.69, 9.17) is 15.9 Å². The number of thioether (sulfide) groups is 1. The van der Waals surface area contributed by atoms with Crippen LogP contribution in [0.4, 0.5) is 0 Å². The number of hydrogen-bond acceptors (Lipinski definition) is 8. The maximum absolute atomic E-state index is 12.8. The molecule has 3 amide bonds. The second-order valence-electron chi connectivity index (χ2n) is 7.34.